The molecule has 0 spiro atoms. The number of halogens is 1. The van der Waals surface area contributed by atoms with E-state index in [-0.39, 0.29) is 0 Å². The minimum Gasteiger partial charge on any atom is -0.326 e. The van der Waals surface area contributed by atoms with Crippen LogP contribution in [0.4, 0.5) is 0 Å². The van der Waals surface area contributed by atoms with Gasteiger partial charge in [0.2, 0.25) is 0 Å². The molecule has 0 bridgehead atoms. The zero-order chi connectivity index (χ0) is 9.26. The monoisotopic (exact) mass is 273 g/mol. The average Bonchev–Trinajstić information content (AvgIpc) is 2.71. The van der Waals surface area contributed by atoms with Gasteiger partial charge < -0.3 is 5.73 Å². The molecule has 0 aliphatic heterocycles. The van der Waals surface area contributed by atoms with Crippen molar-refractivity contribution in [2.75, 3.05) is 0 Å². The maximum atomic E-state index is 5.64. The lowest BCUT2D eigenvalue weighted by atomic mass is 10.2. The zero-order valence-electron chi connectivity index (χ0n) is 6.79. The molecule has 0 saturated heterocycles. The van der Waals surface area contributed by atoms with Crippen molar-refractivity contribution in [2.24, 2.45) is 5.73 Å². The van der Waals surface area contributed by atoms with Gasteiger partial charge in [0.1, 0.15) is 0 Å². The summed E-state index contributed by atoms with van der Waals surface area (Å²) in [6.45, 7) is 0.619. The first-order valence-corrected chi connectivity index (χ1v) is 6.42. The summed E-state index contributed by atoms with van der Waals surface area (Å²) < 4.78 is 1.14. The van der Waals surface area contributed by atoms with Crippen LogP contribution in [0.2, 0.25) is 0 Å². The van der Waals surface area contributed by atoms with Crippen molar-refractivity contribution >= 4 is 38.6 Å². The summed E-state index contributed by atoms with van der Waals surface area (Å²) in [6.07, 6.45) is 0. The fourth-order valence-electron chi connectivity index (χ4n) is 1.15. The van der Waals surface area contributed by atoms with E-state index in [1.807, 2.05) is 0 Å². The Morgan fingerprint density at radius 1 is 1.31 bits per heavy atom. The van der Waals surface area contributed by atoms with E-state index in [2.05, 4.69) is 38.1 Å². The molecule has 2 heterocycles. The highest BCUT2D eigenvalue weighted by Gasteiger charge is 2.06. The average molecular weight is 274 g/mol. The summed E-state index contributed by atoms with van der Waals surface area (Å²) in [5.74, 6) is 0. The van der Waals surface area contributed by atoms with E-state index in [0.717, 1.165) is 4.47 Å². The molecule has 0 aromatic carbocycles. The van der Waals surface area contributed by atoms with Crippen molar-refractivity contribution in [3.8, 4) is 10.4 Å². The van der Waals surface area contributed by atoms with Gasteiger partial charge in [0.15, 0.2) is 0 Å². The first-order valence-electron chi connectivity index (χ1n) is 3.81. The fraction of sp³-hybridized carbons (Fsp3) is 0.111. The van der Waals surface area contributed by atoms with Gasteiger partial charge in [0.05, 0.1) is 0 Å². The summed E-state index contributed by atoms with van der Waals surface area (Å²) >= 11 is 6.89. The van der Waals surface area contributed by atoms with Gasteiger partial charge in [-0.15, -0.1) is 11.3 Å². The quantitative estimate of drug-likeness (QED) is 0.887. The Hall–Kier alpha value is -0.160. The minimum absolute atomic E-state index is 0.619. The predicted molar refractivity (Wildman–Crippen MR) is 63.2 cm³/mol. The lowest BCUT2D eigenvalue weighted by Crippen LogP contribution is -1.94. The summed E-state index contributed by atoms with van der Waals surface area (Å²) in [5, 5.41) is 6.36. The van der Waals surface area contributed by atoms with Gasteiger partial charge in [-0.2, -0.15) is 11.3 Å². The number of hydrogen-bond acceptors (Lipinski definition) is 3. The summed E-state index contributed by atoms with van der Waals surface area (Å²) in [5.41, 5.74) is 8.16. The van der Waals surface area contributed by atoms with Crippen molar-refractivity contribution in [2.45, 2.75) is 6.54 Å². The number of rotatable bonds is 2. The molecule has 0 atom stereocenters. The highest BCUT2D eigenvalue weighted by molar-refractivity contribution is 9.10. The van der Waals surface area contributed by atoms with E-state index in [9.17, 15) is 0 Å². The third kappa shape index (κ3) is 1.86. The Morgan fingerprint density at radius 2 is 2.15 bits per heavy atom. The van der Waals surface area contributed by atoms with E-state index < -0.39 is 0 Å². The molecule has 2 rings (SSSR count). The standard InChI is InChI=1S/C9H8BrNS2/c10-7-1-9(13-4-7)8-5-12-3-6(8)2-11/h1,3-5H,2,11H2. The van der Waals surface area contributed by atoms with Gasteiger partial charge in [-0.05, 0) is 38.3 Å². The highest BCUT2D eigenvalue weighted by atomic mass is 79.9. The second-order valence-corrected chi connectivity index (χ2v) is 5.21. The van der Waals surface area contributed by atoms with E-state index in [4.69, 9.17) is 5.73 Å². The van der Waals surface area contributed by atoms with Crippen LogP contribution in [0.15, 0.2) is 26.7 Å². The SMILES string of the molecule is NCc1cscc1-c1cc(Br)cs1. The molecule has 0 saturated carbocycles. The topological polar surface area (TPSA) is 26.0 Å². The van der Waals surface area contributed by atoms with Crippen molar-refractivity contribution in [3.63, 3.8) is 0 Å². The van der Waals surface area contributed by atoms with Crippen molar-refractivity contribution in [3.05, 3.63) is 32.2 Å². The smallest absolute Gasteiger partial charge is 0.0365 e. The molecule has 2 N–H and O–H groups in total. The number of nitrogens with two attached hydrogens (primary N) is 1. The van der Waals surface area contributed by atoms with Crippen LogP contribution in [0.5, 0.6) is 0 Å². The van der Waals surface area contributed by atoms with Gasteiger partial charge in [-0.1, -0.05) is 0 Å². The second kappa shape index (κ2) is 3.92. The van der Waals surface area contributed by atoms with Gasteiger partial charge in [0, 0.05) is 26.8 Å². The zero-order valence-corrected chi connectivity index (χ0v) is 10.0. The van der Waals surface area contributed by atoms with Crippen LogP contribution in [0.25, 0.3) is 10.4 Å². The maximum Gasteiger partial charge on any atom is 0.0365 e. The van der Waals surface area contributed by atoms with E-state index in [0.29, 0.717) is 6.54 Å². The molecule has 2 aromatic rings. The molecule has 0 aliphatic carbocycles. The predicted octanol–water partition coefficient (Wildman–Crippen LogP) is 3.70. The van der Waals surface area contributed by atoms with Gasteiger partial charge >= 0.3 is 0 Å². The van der Waals surface area contributed by atoms with Crippen LogP contribution in [0.3, 0.4) is 0 Å². The van der Waals surface area contributed by atoms with E-state index in [1.165, 1.54) is 16.0 Å². The first kappa shape index (κ1) is 9.40. The Balaban J connectivity index is 2.45. The summed E-state index contributed by atoms with van der Waals surface area (Å²) in [6, 6.07) is 2.13. The third-order valence-electron chi connectivity index (χ3n) is 1.79. The molecule has 4 heteroatoms. The molecule has 0 amide bonds. The van der Waals surface area contributed by atoms with Crippen LogP contribution in [0.1, 0.15) is 5.56 Å². The van der Waals surface area contributed by atoms with Crippen molar-refractivity contribution in [1.82, 2.24) is 0 Å². The second-order valence-electron chi connectivity index (χ2n) is 2.64. The lowest BCUT2D eigenvalue weighted by molar-refractivity contribution is 1.09. The molecule has 2 aromatic heterocycles. The number of thiophene rings is 2. The highest BCUT2D eigenvalue weighted by Crippen LogP contribution is 2.33. The normalized spacial score (nSPS) is 10.6. The summed E-state index contributed by atoms with van der Waals surface area (Å²) in [4.78, 5) is 1.29. The van der Waals surface area contributed by atoms with Crippen molar-refractivity contribution in [1.29, 1.82) is 0 Å². The van der Waals surface area contributed by atoms with Crippen LogP contribution < -0.4 is 5.73 Å². The minimum atomic E-state index is 0.619. The Labute approximate surface area is 93.3 Å². The molecule has 13 heavy (non-hydrogen) atoms. The molecule has 68 valence electrons. The Morgan fingerprint density at radius 3 is 2.77 bits per heavy atom. The molecule has 0 radical (unpaired) electrons. The first-order chi connectivity index (χ1) is 6.31. The third-order valence-corrected chi connectivity index (χ3v) is 4.31. The molecular weight excluding hydrogens is 266 g/mol. The van der Waals surface area contributed by atoms with Gasteiger partial charge in [0.25, 0.3) is 0 Å². The van der Waals surface area contributed by atoms with Crippen LogP contribution in [-0.4, -0.2) is 0 Å². The molecular formula is C9H8BrNS2. The van der Waals surface area contributed by atoms with Gasteiger partial charge in [-0.3, -0.25) is 0 Å². The number of hydrogen-bond donors (Lipinski definition) is 1. The van der Waals surface area contributed by atoms with E-state index in [1.54, 1.807) is 22.7 Å². The lowest BCUT2D eigenvalue weighted by Gasteiger charge is -1.96. The molecule has 0 unspecified atom stereocenters. The van der Waals surface area contributed by atoms with E-state index >= 15 is 0 Å². The van der Waals surface area contributed by atoms with Crippen LogP contribution >= 0.6 is 38.6 Å². The molecule has 0 aliphatic rings. The van der Waals surface area contributed by atoms with Crippen LogP contribution in [-0.2, 0) is 6.54 Å². The largest absolute Gasteiger partial charge is 0.326 e. The summed E-state index contributed by atoms with van der Waals surface area (Å²) in [7, 11) is 0. The van der Waals surface area contributed by atoms with Crippen molar-refractivity contribution < 1.29 is 0 Å². The van der Waals surface area contributed by atoms with Gasteiger partial charge in [-0.25, -0.2) is 0 Å². The maximum absolute atomic E-state index is 5.64. The van der Waals surface area contributed by atoms with Crippen LogP contribution in [0, 0.1) is 0 Å². The Bertz CT molecular complexity index is 405. The molecule has 1 nitrogen and oxygen atoms in total. The Kier molecular flexibility index (Phi) is 2.83. The fourth-order valence-corrected chi connectivity index (χ4v) is 3.58. The molecule has 0 fully saturated rings.